The van der Waals surface area contributed by atoms with Crippen LogP contribution in [0.4, 0.5) is 0 Å². The molecule has 2 aliphatic heterocycles. The molecule has 6 bridgehead atoms. The fourth-order valence-corrected chi connectivity index (χ4v) is 10.5. The Hall–Kier alpha value is -4.76. The van der Waals surface area contributed by atoms with Crippen LogP contribution in [-0.2, 0) is 56.1 Å². The zero-order valence-electron chi connectivity index (χ0n) is 33.1. The zero-order valence-corrected chi connectivity index (χ0v) is 34.9. The van der Waals surface area contributed by atoms with E-state index in [-0.39, 0.29) is 46.1 Å². The molecule has 12 nitrogen and oxygen atoms in total. The molecule has 14 heteroatoms. The summed E-state index contributed by atoms with van der Waals surface area (Å²) in [6.45, 7) is 9.80. The Morgan fingerprint density at radius 3 is 2.77 bits per heavy atom. The van der Waals surface area contributed by atoms with Gasteiger partial charge in [0.1, 0.15) is 6.04 Å². The molecular weight excluding hydrogens is 755 g/mol. The molecule has 2 radical (unpaired) electrons. The van der Waals surface area contributed by atoms with E-state index in [0.29, 0.717) is 45.1 Å². The average molecular weight is 804 g/mol. The minimum Gasteiger partial charge on any atom is -0.464 e. The number of carbonyl (C=O) groups is 3. The number of esters is 1. The second-order valence-electron chi connectivity index (χ2n) is 16.1. The topological polar surface area (TPSA) is 141 Å². The minimum atomic E-state index is -0.666. The number of carbonyl (C=O) groups excluding carboxylic acids is 3. The number of amides is 2. The summed E-state index contributed by atoms with van der Waals surface area (Å²) in [6.07, 6.45) is 6.73. The van der Waals surface area contributed by atoms with Crippen LogP contribution in [0.3, 0.4) is 0 Å². The first-order valence-electron chi connectivity index (χ1n) is 19.8. The Bertz CT molecular complexity index is 2300. The molecule has 6 heterocycles. The van der Waals surface area contributed by atoms with Gasteiger partial charge in [-0.25, -0.2) is 10.4 Å². The average Bonchev–Trinajstić information content (AvgIpc) is 3.96. The fraction of sp³-hybridized carbons (Fsp3) is 0.442. The number of thiazole rings is 1. The van der Waals surface area contributed by atoms with Crippen LogP contribution in [0.2, 0.25) is 5.54 Å². The molecule has 4 atom stereocenters. The maximum Gasteiger partial charge on any atom is 0.324 e. The number of ether oxygens (including phenoxy) is 2. The molecule has 1 fully saturated rings. The lowest BCUT2D eigenvalue weighted by molar-refractivity contribution is -0.154. The number of methoxy groups -OCH3 is 1. The molecule has 296 valence electrons. The maximum atomic E-state index is 14.3. The lowest BCUT2D eigenvalue weighted by Crippen LogP contribution is -2.57. The molecule has 4 aromatic heterocycles. The van der Waals surface area contributed by atoms with E-state index in [1.54, 1.807) is 18.3 Å². The van der Waals surface area contributed by atoms with Crippen molar-refractivity contribution in [2.24, 2.45) is 11.3 Å². The predicted molar refractivity (Wildman–Crippen MR) is 220 cm³/mol. The Kier molecular flexibility index (Phi) is 11.1. The number of pyridine rings is 2. The van der Waals surface area contributed by atoms with Crippen LogP contribution in [0.15, 0.2) is 60.2 Å². The van der Waals surface area contributed by atoms with Crippen LogP contribution >= 0.6 is 11.3 Å². The number of benzene rings is 1. The van der Waals surface area contributed by atoms with E-state index in [4.69, 9.17) is 19.4 Å². The van der Waals surface area contributed by atoms with Crippen molar-refractivity contribution >= 4 is 49.7 Å². The van der Waals surface area contributed by atoms with E-state index in [2.05, 4.69) is 70.4 Å². The molecule has 1 aliphatic carbocycles. The number of hydrogen-bond donors (Lipinski definition) is 2. The van der Waals surface area contributed by atoms with Gasteiger partial charge >= 0.3 is 5.97 Å². The van der Waals surface area contributed by atoms with Crippen LogP contribution in [-0.4, -0.2) is 78.3 Å². The Labute approximate surface area is 339 Å². The second-order valence-corrected chi connectivity index (χ2v) is 18.3. The Morgan fingerprint density at radius 1 is 1.14 bits per heavy atom. The maximum absolute atomic E-state index is 14.3. The first-order valence-corrected chi connectivity index (χ1v) is 21.8. The van der Waals surface area contributed by atoms with Gasteiger partial charge in [0.2, 0.25) is 11.8 Å². The van der Waals surface area contributed by atoms with E-state index in [1.165, 1.54) is 11.3 Å². The van der Waals surface area contributed by atoms with Gasteiger partial charge in [-0.3, -0.25) is 29.4 Å². The lowest BCUT2D eigenvalue weighted by atomic mass is 9.84. The molecule has 1 saturated heterocycles. The largest absolute Gasteiger partial charge is 0.464 e. The molecule has 57 heavy (non-hydrogen) atoms. The molecule has 0 spiro atoms. The standard InChI is InChI=1S/C43H49N7O5SSi/c1-6-49-35-14-13-27-19-30(35)31(39(49)29-11-8-16-45-38(29)25(2)54-5)22-43(3,4)24-55-42(53)32-12-9-17-50(47-32)41(52)36(21-37-46-34(27)23-56-37)57-48-40(51)28-18-26-10-7-15-44-33(26)20-28/h7-8,10-11,13-16,19,23,25,28,32,36,47H,6,9,12,17-18,20-22,24H2,1-5H3,(H,48,51)/t25-,28?,32-,36-/m0/s1. The van der Waals surface area contributed by atoms with E-state index < -0.39 is 17.0 Å². The van der Waals surface area contributed by atoms with Gasteiger partial charge in [-0.05, 0) is 81.0 Å². The van der Waals surface area contributed by atoms with Gasteiger partial charge in [0, 0.05) is 89.9 Å². The van der Waals surface area contributed by atoms with Crippen molar-refractivity contribution < 1.29 is 23.9 Å². The normalized spacial score (nSPS) is 21.5. The van der Waals surface area contributed by atoms with Crippen molar-refractivity contribution in [3.8, 4) is 22.5 Å². The highest BCUT2D eigenvalue weighted by atomic mass is 32.1. The number of rotatable bonds is 7. The summed E-state index contributed by atoms with van der Waals surface area (Å²) in [5.74, 6) is -0.852. The van der Waals surface area contributed by atoms with Crippen molar-refractivity contribution in [3.63, 3.8) is 0 Å². The molecule has 2 N–H and O–H groups in total. The highest BCUT2D eigenvalue weighted by molar-refractivity contribution is 7.10. The number of cyclic esters (lactones) is 1. The van der Waals surface area contributed by atoms with Gasteiger partial charge in [-0.2, -0.15) is 0 Å². The number of fused-ring (bicyclic) bond motifs is 7. The highest BCUT2D eigenvalue weighted by Crippen LogP contribution is 2.42. The quantitative estimate of drug-likeness (QED) is 0.149. The predicted octanol–water partition coefficient (Wildman–Crippen LogP) is 6.05. The molecule has 2 amide bonds. The minimum absolute atomic E-state index is 0.0772. The van der Waals surface area contributed by atoms with Crippen LogP contribution in [0.5, 0.6) is 0 Å². The molecule has 1 unspecified atom stereocenters. The van der Waals surface area contributed by atoms with Crippen molar-refractivity contribution in [2.75, 3.05) is 20.3 Å². The number of hydrogen-bond acceptors (Lipinski definition) is 10. The van der Waals surface area contributed by atoms with Crippen molar-refractivity contribution in [3.05, 3.63) is 87.8 Å². The second kappa shape index (κ2) is 16.2. The summed E-state index contributed by atoms with van der Waals surface area (Å²) >= 11 is 1.52. The summed E-state index contributed by atoms with van der Waals surface area (Å²) in [5, 5.41) is 5.52. The molecular formula is C43H49N7O5SSi. The van der Waals surface area contributed by atoms with Gasteiger partial charge in [-0.15, -0.1) is 11.3 Å². The van der Waals surface area contributed by atoms with Crippen molar-refractivity contribution in [2.45, 2.75) is 90.5 Å². The third-order valence-electron chi connectivity index (χ3n) is 11.5. The van der Waals surface area contributed by atoms with Crippen LogP contribution < -0.4 is 10.4 Å². The molecule has 8 rings (SSSR count). The van der Waals surface area contributed by atoms with Gasteiger partial charge in [0.05, 0.1) is 40.3 Å². The first-order chi connectivity index (χ1) is 27.5. The lowest BCUT2D eigenvalue weighted by Gasteiger charge is -2.35. The summed E-state index contributed by atoms with van der Waals surface area (Å²) in [6, 6.07) is 13.8. The van der Waals surface area contributed by atoms with E-state index in [9.17, 15) is 14.4 Å². The van der Waals surface area contributed by atoms with E-state index in [1.807, 2.05) is 31.3 Å². The molecule has 3 aliphatic rings. The monoisotopic (exact) mass is 803 g/mol. The summed E-state index contributed by atoms with van der Waals surface area (Å²) in [7, 11) is 1.52. The summed E-state index contributed by atoms with van der Waals surface area (Å²) in [4.78, 5) is 59.1. The van der Waals surface area contributed by atoms with Crippen LogP contribution in [0.1, 0.15) is 74.2 Å². The van der Waals surface area contributed by atoms with Gasteiger partial charge in [0.15, 0.2) is 9.68 Å². The van der Waals surface area contributed by atoms with Crippen LogP contribution in [0, 0.1) is 11.3 Å². The van der Waals surface area contributed by atoms with Gasteiger partial charge < -0.3 is 19.0 Å². The van der Waals surface area contributed by atoms with E-state index >= 15 is 0 Å². The Morgan fingerprint density at radius 2 is 1.96 bits per heavy atom. The summed E-state index contributed by atoms with van der Waals surface area (Å²) in [5.41, 5.74) is 11.2. The highest BCUT2D eigenvalue weighted by Gasteiger charge is 2.36. The van der Waals surface area contributed by atoms with E-state index in [0.717, 1.165) is 67.5 Å². The molecule has 0 saturated carbocycles. The van der Waals surface area contributed by atoms with Crippen molar-refractivity contribution in [1.29, 1.82) is 0 Å². The van der Waals surface area contributed by atoms with Crippen molar-refractivity contribution in [1.82, 2.24) is 34.9 Å². The number of aromatic nitrogens is 4. The third kappa shape index (κ3) is 7.92. The number of nitrogens with one attached hydrogen (secondary N) is 2. The zero-order chi connectivity index (χ0) is 39.8. The smallest absolute Gasteiger partial charge is 0.324 e. The van der Waals surface area contributed by atoms with Crippen LogP contribution in [0.25, 0.3) is 33.4 Å². The number of aryl methyl sites for hydroxylation is 1. The molecule has 1 aromatic carbocycles. The van der Waals surface area contributed by atoms with Gasteiger partial charge in [-0.1, -0.05) is 26.0 Å². The first kappa shape index (κ1) is 39.1. The third-order valence-corrected chi connectivity index (χ3v) is 13.5. The summed E-state index contributed by atoms with van der Waals surface area (Å²) < 4.78 is 14.2. The Balaban J connectivity index is 1.17. The fourth-order valence-electron chi connectivity index (χ4n) is 8.42. The number of hydrazine groups is 1. The SMILES string of the molecule is CCn1c(-c2cccnc2[C@H](C)OC)c2c3cc(ccc31)-c1csc(n1)C[C@H]([Si]NC(=O)C1Cc3cccnc3C1)C(=O)N1CCC[C@H](N1)C(=O)OCC(C)(C)C2. The number of nitrogens with zero attached hydrogens (tertiary/aromatic N) is 5. The van der Waals surface area contributed by atoms with Gasteiger partial charge in [0.25, 0.3) is 0 Å². The molecule has 5 aromatic rings.